The van der Waals surface area contributed by atoms with Crippen LogP contribution in [-0.2, 0) is 0 Å². The summed E-state index contributed by atoms with van der Waals surface area (Å²) in [6.45, 7) is 12.6. The summed E-state index contributed by atoms with van der Waals surface area (Å²) >= 11 is 0. The Hall–Kier alpha value is -0.120. The van der Waals surface area contributed by atoms with E-state index in [-0.39, 0.29) is 0 Å². The summed E-state index contributed by atoms with van der Waals surface area (Å²) in [5, 5.41) is 0. The van der Waals surface area contributed by atoms with E-state index in [1.54, 1.807) is 0 Å². The van der Waals surface area contributed by atoms with Crippen molar-refractivity contribution in [2.45, 2.75) is 19.8 Å². The quantitative estimate of drug-likeness (QED) is 0.708. The normalized spacial score (nSPS) is 27.4. The van der Waals surface area contributed by atoms with Gasteiger partial charge in [0.05, 0.1) is 0 Å². The molecule has 0 aromatic carbocycles. The lowest BCUT2D eigenvalue weighted by molar-refractivity contribution is 0.107. The molecule has 2 aliphatic rings. The highest BCUT2D eigenvalue weighted by Gasteiger charge is 2.22. The van der Waals surface area contributed by atoms with Crippen LogP contribution in [0.3, 0.4) is 0 Å². The van der Waals surface area contributed by atoms with Crippen LogP contribution in [0.2, 0.25) is 0 Å². The second kappa shape index (κ2) is 5.99. The Morgan fingerprint density at radius 3 is 2.06 bits per heavy atom. The number of nitrogens with zero attached hydrogens (tertiary/aromatic N) is 3. The fourth-order valence-electron chi connectivity index (χ4n) is 2.88. The molecule has 2 fully saturated rings. The monoisotopic (exact) mass is 225 g/mol. The number of likely N-dealkylation sites (N-methyl/N-ethyl adjacent to an activating group) is 1. The van der Waals surface area contributed by atoms with Gasteiger partial charge in [0.1, 0.15) is 0 Å². The molecule has 0 atom stereocenters. The first-order valence-corrected chi connectivity index (χ1v) is 6.91. The number of likely N-dealkylation sites (tertiary alicyclic amines) is 1. The van der Waals surface area contributed by atoms with E-state index in [1.807, 2.05) is 0 Å². The van der Waals surface area contributed by atoms with Gasteiger partial charge >= 0.3 is 0 Å². The Balaban J connectivity index is 1.66. The average molecular weight is 225 g/mol. The van der Waals surface area contributed by atoms with E-state index >= 15 is 0 Å². The Bertz CT molecular complexity index is 191. The molecule has 0 bridgehead atoms. The zero-order chi connectivity index (χ0) is 11.4. The SMILES string of the molecule is CCN1CCC(CN2CCN(C)CC2)CC1. The van der Waals surface area contributed by atoms with E-state index < -0.39 is 0 Å². The molecule has 3 nitrogen and oxygen atoms in total. The topological polar surface area (TPSA) is 9.72 Å². The molecule has 0 amide bonds. The minimum absolute atomic E-state index is 0.964. The summed E-state index contributed by atoms with van der Waals surface area (Å²) in [6.07, 6.45) is 2.83. The smallest absolute Gasteiger partial charge is 0.0110 e. The van der Waals surface area contributed by atoms with E-state index in [1.165, 1.54) is 65.2 Å². The lowest BCUT2D eigenvalue weighted by Crippen LogP contribution is -2.47. The first kappa shape index (κ1) is 12.3. The van der Waals surface area contributed by atoms with Crippen molar-refractivity contribution in [1.82, 2.24) is 14.7 Å². The summed E-state index contributed by atoms with van der Waals surface area (Å²) in [6, 6.07) is 0. The van der Waals surface area contributed by atoms with Gasteiger partial charge in [0.2, 0.25) is 0 Å². The highest BCUT2D eigenvalue weighted by molar-refractivity contribution is 4.77. The van der Waals surface area contributed by atoms with Crippen molar-refractivity contribution in [3.8, 4) is 0 Å². The largest absolute Gasteiger partial charge is 0.304 e. The molecule has 0 saturated carbocycles. The van der Waals surface area contributed by atoms with Crippen molar-refractivity contribution in [2.75, 3.05) is 59.4 Å². The predicted octanol–water partition coefficient (Wildman–Crippen LogP) is 0.966. The molecule has 0 aliphatic carbocycles. The van der Waals surface area contributed by atoms with Gasteiger partial charge in [0, 0.05) is 32.7 Å². The Labute approximate surface area is 100 Å². The highest BCUT2D eigenvalue weighted by Crippen LogP contribution is 2.18. The molecule has 2 heterocycles. The molecule has 2 rings (SSSR count). The molecule has 3 heteroatoms. The summed E-state index contributed by atoms with van der Waals surface area (Å²) < 4.78 is 0. The van der Waals surface area contributed by atoms with Crippen LogP contribution in [0.1, 0.15) is 19.8 Å². The minimum atomic E-state index is 0.964. The van der Waals surface area contributed by atoms with Gasteiger partial charge < -0.3 is 14.7 Å². The number of piperidine rings is 1. The van der Waals surface area contributed by atoms with Gasteiger partial charge in [-0.2, -0.15) is 0 Å². The molecular weight excluding hydrogens is 198 g/mol. The standard InChI is InChI=1S/C13H27N3/c1-3-15-6-4-13(5-7-15)12-16-10-8-14(2)9-11-16/h13H,3-12H2,1-2H3. The van der Waals surface area contributed by atoms with Crippen LogP contribution < -0.4 is 0 Å². The number of rotatable bonds is 3. The van der Waals surface area contributed by atoms with Crippen LogP contribution in [0.4, 0.5) is 0 Å². The zero-order valence-corrected chi connectivity index (χ0v) is 11.0. The molecule has 0 N–H and O–H groups in total. The molecule has 0 aromatic heterocycles. The molecular formula is C13H27N3. The summed E-state index contributed by atoms with van der Waals surface area (Å²) in [7, 11) is 2.23. The molecule has 0 spiro atoms. The summed E-state index contributed by atoms with van der Waals surface area (Å²) in [5.41, 5.74) is 0. The van der Waals surface area contributed by atoms with Crippen LogP contribution >= 0.6 is 0 Å². The third kappa shape index (κ3) is 3.44. The van der Waals surface area contributed by atoms with Crippen molar-refractivity contribution in [2.24, 2.45) is 5.92 Å². The minimum Gasteiger partial charge on any atom is -0.304 e. The Kier molecular flexibility index (Phi) is 4.62. The highest BCUT2D eigenvalue weighted by atomic mass is 15.2. The third-order valence-corrected chi connectivity index (χ3v) is 4.27. The lowest BCUT2D eigenvalue weighted by atomic mass is 9.96. The van der Waals surface area contributed by atoms with Gasteiger partial charge in [0.25, 0.3) is 0 Å². The van der Waals surface area contributed by atoms with Gasteiger partial charge in [-0.3, -0.25) is 0 Å². The number of hydrogen-bond donors (Lipinski definition) is 0. The molecule has 16 heavy (non-hydrogen) atoms. The molecule has 2 aliphatic heterocycles. The maximum atomic E-state index is 2.67. The Morgan fingerprint density at radius 1 is 0.875 bits per heavy atom. The van der Waals surface area contributed by atoms with E-state index in [4.69, 9.17) is 0 Å². The third-order valence-electron chi connectivity index (χ3n) is 4.27. The van der Waals surface area contributed by atoms with Gasteiger partial charge in [-0.1, -0.05) is 6.92 Å². The lowest BCUT2D eigenvalue weighted by Gasteiger charge is -2.37. The maximum absolute atomic E-state index is 2.67. The molecule has 0 radical (unpaired) electrons. The Morgan fingerprint density at radius 2 is 1.50 bits per heavy atom. The second-order valence-corrected chi connectivity index (χ2v) is 5.48. The van der Waals surface area contributed by atoms with Crippen molar-refractivity contribution in [3.63, 3.8) is 0 Å². The van der Waals surface area contributed by atoms with Crippen LogP contribution in [0.25, 0.3) is 0 Å². The second-order valence-electron chi connectivity index (χ2n) is 5.48. The number of piperazine rings is 1. The van der Waals surface area contributed by atoms with E-state index in [0.717, 1.165) is 5.92 Å². The van der Waals surface area contributed by atoms with Crippen LogP contribution in [0.5, 0.6) is 0 Å². The van der Waals surface area contributed by atoms with Gasteiger partial charge in [0.15, 0.2) is 0 Å². The zero-order valence-electron chi connectivity index (χ0n) is 11.0. The summed E-state index contributed by atoms with van der Waals surface area (Å²) in [4.78, 5) is 7.70. The van der Waals surface area contributed by atoms with E-state index in [0.29, 0.717) is 0 Å². The molecule has 0 aromatic rings. The molecule has 94 valence electrons. The van der Waals surface area contributed by atoms with Crippen LogP contribution in [-0.4, -0.2) is 74.1 Å². The number of hydrogen-bond acceptors (Lipinski definition) is 3. The van der Waals surface area contributed by atoms with Gasteiger partial charge in [-0.05, 0) is 45.4 Å². The van der Waals surface area contributed by atoms with E-state index in [9.17, 15) is 0 Å². The fraction of sp³-hybridized carbons (Fsp3) is 1.00. The van der Waals surface area contributed by atoms with Crippen molar-refractivity contribution in [3.05, 3.63) is 0 Å². The van der Waals surface area contributed by atoms with Crippen LogP contribution in [0, 0.1) is 5.92 Å². The maximum Gasteiger partial charge on any atom is 0.0110 e. The fourth-order valence-corrected chi connectivity index (χ4v) is 2.88. The summed E-state index contributed by atoms with van der Waals surface area (Å²) in [5.74, 6) is 0.964. The first-order valence-electron chi connectivity index (χ1n) is 6.91. The van der Waals surface area contributed by atoms with Crippen LogP contribution in [0.15, 0.2) is 0 Å². The van der Waals surface area contributed by atoms with Crippen molar-refractivity contribution in [1.29, 1.82) is 0 Å². The average Bonchev–Trinajstić information content (AvgIpc) is 2.33. The van der Waals surface area contributed by atoms with Crippen molar-refractivity contribution < 1.29 is 0 Å². The van der Waals surface area contributed by atoms with E-state index in [2.05, 4.69) is 28.7 Å². The van der Waals surface area contributed by atoms with Gasteiger partial charge in [-0.15, -0.1) is 0 Å². The molecule has 0 unspecified atom stereocenters. The van der Waals surface area contributed by atoms with Gasteiger partial charge in [-0.25, -0.2) is 0 Å². The predicted molar refractivity (Wildman–Crippen MR) is 68.8 cm³/mol. The van der Waals surface area contributed by atoms with Crippen molar-refractivity contribution >= 4 is 0 Å². The first-order chi connectivity index (χ1) is 7.78. The molecule has 2 saturated heterocycles.